The lowest BCUT2D eigenvalue weighted by Gasteiger charge is -2.26. The second-order valence-corrected chi connectivity index (χ2v) is 6.93. The Hall–Kier alpha value is -2.53. The van der Waals surface area contributed by atoms with Gasteiger partial charge in [0, 0.05) is 17.7 Å². The summed E-state index contributed by atoms with van der Waals surface area (Å²) in [4.78, 5) is 13.7. The maximum absolute atomic E-state index is 12.4. The van der Waals surface area contributed by atoms with Gasteiger partial charge in [0.15, 0.2) is 18.0 Å². The molecular formula is C21H27N2O3+. The molecule has 26 heavy (non-hydrogen) atoms. The SMILES string of the molecule is COc1cc2c(cc1OC)C[NH+](CC(=O)Nc1ccc(C)c(C)c1)CC2. The van der Waals surface area contributed by atoms with Gasteiger partial charge in [-0.15, -0.1) is 0 Å². The van der Waals surface area contributed by atoms with Gasteiger partial charge in [-0.25, -0.2) is 0 Å². The van der Waals surface area contributed by atoms with Gasteiger partial charge in [0.1, 0.15) is 6.54 Å². The monoisotopic (exact) mass is 355 g/mol. The van der Waals surface area contributed by atoms with Crippen LogP contribution in [0, 0.1) is 13.8 Å². The van der Waals surface area contributed by atoms with Crippen LogP contribution < -0.4 is 19.7 Å². The molecule has 0 saturated heterocycles. The molecule has 2 N–H and O–H groups in total. The minimum absolute atomic E-state index is 0.0483. The van der Waals surface area contributed by atoms with Gasteiger partial charge >= 0.3 is 0 Å². The first-order valence-electron chi connectivity index (χ1n) is 8.94. The molecule has 5 heteroatoms. The van der Waals surface area contributed by atoms with Crippen LogP contribution in [0.4, 0.5) is 5.69 Å². The molecule has 0 aromatic heterocycles. The largest absolute Gasteiger partial charge is 0.493 e. The van der Waals surface area contributed by atoms with E-state index < -0.39 is 0 Å². The van der Waals surface area contributed by atoms with Gasteiger partial charge in [0.25, 0.3) is 5.91 Å². The fourth-order valence-electron chi connectivity index (χ4n) is 3.43. The highest BCUT2D eigenvalue weighted by Gasteiger charge is 2.24. The highest BCUT2D eigenvalue weighted by molar-refractivity contribution is 5.91. The average Bonchev–Trinajstić information content (AvgIpc) is 2.63. The van der Waals surface area contributed by atoms with Crippen LogP contribution in [-0.4, -0.2) is 33.2 Å². The molecule has 138 valence electrons. The summed E-state index contributed by atoms with van der Waals surface area (Å²) in [5, 5.41) is 3.02. The molecule has 1 unspecified atom stereocenters. The lowest BCUT2D eigenvalue weighted by atomic mass is 9.99. The van der Waals surface area contributed by atoms with Crippen LogP contribution in [0.2, 0.25) is 0 Å². The van der Waals surface area contributed by atoms with Crippen LogP contribution in [0.5, 0.6) is 11.5 Å². The van der Waals surface area contributed by atoms with Crippen LogP contribution in [-0.2, 0) is 17.8 Å². The Morgan fingerprint density at radius 1 is 1.04 bits per heavy atom. The van der Waals surface area contributed by atoms with E-state index in [0.717, 1.165) is 36.7 Å². The van der Waals surface area contributed by atoms with Crippen molar-refractivity contribution in [2.75, 3.05) is 32.6 Å². The Bertz CT molecular complexity index is 817. The maximum Gasteiger partial charge on any atom is 0.279 e. The number of nitrogens with one attached hydrogen (secondary N) is 2. The van der Waals surface area contributed by atoms with Crippen molar-refractivity contribution in [1.82, 2.24) is 0 Å². The number of amides is 1. The highest BCUT2D eigenvalue weighted by atomic mass is 16.5. The second kappa shape index (κ2) is 7.79. The molecule has 0 radical (unpaired) electrons. The molecule has 1 atom stereocenters. The minimum atomic E-state index is 0.0483. The summed E-state index contributed by atoms with van der Waals surface area (Å²) < 4.78 is 10.8. The molecule has 0 fully saturated rings. The molecule has 0 bridgehead atoms. The van der Waals surface area contributed by atoms with E-state index in [9.17, 15) is 4.79 Å². The molecule has 3 rings (SSSR count). The Kier molecular flexibility index (Phi) is 5.47. The van der Waals surface area contributed by atoms with Crippen molar-refractivity contribution in [2.45, 2.75) is 26.8 Å². The number of rotatable bonds is 5. The molecule has 1 heterocycles. The standard InChI is InChI=1S/C21H26N2O3/c1-14-5-6-18(9-15(14)2)22-21(24)13-23-8-7-16-10-19(25-3)20(26-4)11-17(16)12-23/h5-6,9-11H,7-8,12-13H2,1-4H3,(H,22,24)/p+1. The topological polar surface area (TPSA) is 52.0 Å². The first-order valence-corrected chi connectivity index (χ1v) is 8.94. The van der Waals surface area contributed by atoms with Gasteiger partial charge < -0.3 is 19.7 Å². The zero-order chi connectivity index (χ0) is 18.7. The number of carbonyl (C=O) groups excluding carboxylic acids is 1. The zero-order valence-electron chi connectivity index (χ0n) is 15.9. The molecule has 5 nitrogen and oxygen atoms in total. The van der Waals surface area contributed by atoms with Crippen LogP contribution in [0.25, 0.3) is 0 Å². The number of carbonyl (C=O) groups is 1. The van der Waals surface area contributed by atoms with Crippen LogP contribution in [0.3, 0.4) is 0 Å². The summed E-state index contributed by atoms with van der Waals surface area (Å²) in [6, 6.07) is 10.1. The summed E-state index contributed by atoms with van der Waals surface area (Å²) in [7, 11) is 3.30. The molecule has 0 aliphatic carbocycles. The molecule has 0 spiro atoms. The minimum Gasteiger partial charge on any atom is -0.493 e. The molecule has 0 saturated carbocycles. The molecular weight excluding hydrogens is 328 g/mol. The Balaban J connectivity index is 1.65. The normalized spacial score (nSPS) is 15.9. The predicted molar refractivity (Wildman–Crippen MR) is 102 cm³/mol. The number of aryl methyl sites for hydroxylation is 2. The van der Waals surface area contributed by atoms with Crippen molar-refractivity contribution >= 4 is 11.6 Å². The molecule has 2 aromatic carbocycles. The number of ether oxygens (including phenoxy) is 2. The van der Waals surface area contributed by atoms with Crippen molar-refractivity contribution in [1.29, 1.82) is 0 Å². The number of methoxy groups -OCH3 is 2. The van der Waals surface area contributed by atoms with E-state index in [2.05, 4.69) is 25.2 Å². The Labute approximate surface area is 154 Å². The van der Waals surface area contributed by atoms with Crippen LogP contribution in [0.15, 0.2) is 30.3 Å². The van der Waals surface area contributed by atoms with Crippen molar-refractivity contribution in [3.8, 4) is 11.5 Å². The van der Waals surface area contributed by atoms with E-state index >= 15 is 0 Å². The van der Waals surface area contributed by atoms with E-state index in [0.29, 0.717) is 6.54 Å². The van der Waals surface area contributed by atoms with Gasteiger partial charge in [-0.1, -0.05) is 6.07 Å². The molecule has 1 aliphatic heterocycles. The van der Waals surface area contributed by atoms with E-state index in [1.54, 1.807) is 14.2 Å². The third kappa shape index (κ3) is 3.99. The van der Waals surface area contributed by atoms with Crippen molar-refractivity contribution in [3.63, 3.8) is 0 Å². The Morgan fingerprint density at radius 2 is 1.73 bits per heavy atom. The highest BCUT2D eigenvalue weighted by Crippen LogP contribution is 2.31. The van der Waals surface area contributed by atoms with Gasteiger partial charge in [0.2, 0.25) is 0 Å². The van der Waals surface area contributed by atoms with E-state index in [1.807, 2.05) is 24.3 Å². The predicted octanol–water partition coefficient (Wildman–Crippen LogP) is 1.90. The van der Waals surface area contributed by atoms with E-state index in [-0.39, 0.29) is 5.91 Å². The smallest absolute Gasteiger partial charge is 0.279 e. The summed E-state index contributed by atoms with van der Waals surface area (Å²) in [6.45, 7) is 6.33. The second-order valence-electron chi connectivity index (χ2n) is 6.93. The number of quaternary nitrogens is 1. The van der Waals surface area contributed by atoms with Gasteiger partial charge in [0.05, 0.1) is 20.8 Å². The van der Waals surface area contributed by atoms with Crippen LogP contribution >= 0.6 is 0 Å². The third-order valence-corrected chi connectivity index (χ3v) is 5.10. The first kappa shape index (κ1) is 18.3. The first-order chi connectivity index (χ1) is 12.5. The van der Waals surface area contributed by atoms with E-state index in [4.69, 9.17) is 9.47 Å². The molecule has 1 amide bonds. The summed E-state index contributed by atoms with van der Waals surface area (Å²) in [5.41, 5.74) is 5.78. The Morgan fingerprint density at radius 3 is 2.38 bits per heavy atom. The third-order valence-electron chi connectivity index (χ3n) is 5.10. The fraction of sp³-hybridized carbons (Fsp3) is 0.381. The lowest BCUT2D eigenvalue weighted by molar-refractivity contribution is -0.907. The summed E-state index contributed by atoms with van der Waals surface area (Å²) in [6.07, 6.45) is 0.932. The molecule has 1 aliphatic rings. The number of anilines is 1. The maximum atomic E-state index is 12.4. The van der Waals surface area contributed by atoms with Crippen molar-refractivity contribution in [2.24, 2.45) is 0 Å². The van der Waals surface area contributed by atoms with Crippen LogP contribution in [0.1, 0.15) is 22.3 Å². The zero-order valence-corrected chi connectivity index (χ0v) is 15.9. The number of fused-ring (bicyclic) bond motifs is 1. The fourth-order valence-corrected chi connectivity index (χ4v) is 3.43. The van der Waals surface area contributed by atoms with Crippen molar-refractivity contribution in [3.05, 3.63) is 52.6 Å². The van der Waals surface area contributed by atoms with Crippen molar-refractivity contribution < 1.29 is 19.2 Å². The number of hydrogen-bond donors (Lipinski definition) is 2. The van der Waals surface area contributed by atoms with Gasteiger partial charge in [-0.05, 0) is 54.8 Å². The average molecular weight is 355 g/mol. The lowest BCUT2D eigenvalue weighted by Crippen LogP contribution is -3.12. The van der Waals surface area contributed by atoms with E-state index in [1.165, 1.54) is 27.2 Å². The number of benzene rings is 2. The summed E-state index contributed by atoms with van der Waals surface area (Å²) in [5.74, 6) is 1.56. The van der Waals surface area contributed by atoms with Gasteiger partial charge in [-0.3, -0.25) is 4.79 Å². The quantitative estimate of drug-likeness (QED) is 0.861. The molecule has 2 aromatic rings. The van der Waals surface area contributed by atoms with Gasteiger partial charge in [-0.2, -0.15) is 0 Å². The summed E-state index contributed by atoms with van der Waals surface area (Å²) >= 11 is 0. The number of hydrogen-bond acceptors (Lipinski definition) is 3.